The maximum atomic E-state index is 12.7. The minimum absolute atomic E-state index is 0.0950. The van der Waals surface area contributed by atoms with Crippen molar-refractivity contribution < 1.29 is 4.79 Å². The number of benzene rings is 1. The van der Waals surface area contributed by atoms with E-state index in [-0.39, 0.29) is 6.03 Å². The third-order valence-corrected chi connectivity index (χ3v) is 5.80. The number of carbonyl (C=O) groups excluding carboxylic acids is 1. The zero-order chi connectivity index (χ0) is 15.1. The van der Waals surface area contributed by atoms with E-state index < -0.39 is 0 Å². The third-order valence-electron chi connectivity index (χ3n) is 5.80. The first-order chi connectivity index (χ1) is 10.7. The van der Waals surface area contributed by atoms with Gasteiger partial charge in [0.05, 0.1) is 0 Å². The average molecular weight is 299 g/mol. The second kappa shape index (κ2) is 5.58. The van der Waals surface area contributed by atoms with Gasteiger partial charge in [-0.05, 0) is 50.8 Å². The lowest BCUT2D eigenvalue weighted by molar-refractivity contribution is 0.0511. The van der Waals surface area contributed by atoms with Gasteiger partial charge in [0.15, 0.2) is 0 Å². The molecule has 3 aliphatic rings. The van der Waals surface area contributed by atoms with Gasteiger partial charge < -0.3 is 10.2 Å². The molecule has 1 aromatic carbocycles. The van der Waals surface area contributed by atoms with Crippen molar-refractivity contribution in [3.05, 3.63) is 29.8 Å². The number of rotatable bonds is 1. The standard InChI is InChI=1S/C18H25N3O/c1-20-15-6-4-7-16(20)12-14(11-15)19-18(22)21-10-9-13-5-2-3-8-17(13)21/h2-3,5,8,14-16H,4,6-7,9-12H2,1H3,(H,19,22)/t14?,15-,16+. The largest absolute Gasteiger partial charge is 0.335 e. The van der Waals surface area contributed by atoms with Crippen molar-refractivity contribution in [3.8, 4) is 0 Å². The van der Waals surface area contributed by atoms with Gasteiger partial charge in [0, 0.05) is 30.4 Å². The molecule has 2 saturated heterocycles. The average Bonchev–Trinajstić information content (AvgIpc) is 2.92. The van der Waals surface area contributed by atoms with Gasteiger partial charge in [0.25, 0.3) is 0 Å². The monoisotopic (exact) mass is 299 g/mol. The van der Waals surface area contributed by atoms with Crippen molar-refractivity contribution in [2.45, 2.75) is 56.7 Å². The molecule has 3 heterocycles. The fourth-order valence-electron chi connectivity index (χ4n) is 4.54. The first-order valence-corrected chi connectivity index (χ1v) is 8.60. The Morgan fingerprint density at radius 2 is 1.91 bits per heavy atom. The predicted octanol–water partition coefficient (Wildman–Crippen LogP) is 2.77. The van der Waals surface area contributed by atoms with E-state index in [1.54, 1.807) is 0 Å². The molecule has 0 spiro atoms. The maximum Gasteiger partial charge on any atom is 0.322 e. The number of hydrogen-bond acceptors (Lipinski definition) is 2. The molecular weight excluding hydrogens is 274 g/mol. The quantitative estimate of drug-likeness (QED) is 0.865. The molecule has 22 heavy (non-hydrogen) atoms. The summed E-state index contributed by atoms with van der Waals surface area (Å²) in [5.74, 6) is 0. The Morgan fingerprint density at radius 3 is 2.68 bits per heavy atom. The number of nitrogens with zero attached hydrogens (tertiary/aromatic N) is 2. The Labute approximate surface area is 132 Å². The topological polar surface area (TPSA) is 35.6 Å². The molecule has 4 heteroatoms. The zero-order valence-electron chi connectivity index (χ0n) is 13.3. The number of nitrogens with one attached hydrogen (secondary N) is 1. The highest BCUT2D eigenvalue weighted by Gasteiger charge is 2.37. The van der Waals surface area contributed by atoms with Gasteiger partial charge in [-0.15, -0.1) is 0 Å². The van der Waals surface area contributed by atoms with Crippen molar-refractivity contribution in [1.29, 1.82) is 0 Å². The van der Waals surface area contributed by atoms with Crippen LogP contribution >= 0.6 is 0 Å². The number of amides is 2. The molecule has 4 nitrogen and oxygen atoms in total. The second-order valence-electron chi connectivity index (χ2n) is 7.05. The summed E-state index contributed by atoms with van der Waals surface area (Å²) >= 11 is 0. The molecule has 2 fully saturated rings. The summed E-state index contributed by atoms with van der Waals surface area (Å²) in [5.41, 5.74) is 2.38. The van der Waals surface area contributed by atoms with Crippen molar-refractivity contribution in [1.82, 2.24) is 10.2 Å². The number of para-hydroxylation sites is 1. The van der Waals surface area contributed by atoms with E-state index >= 15 is 0 Å². The van der Waals surface area contributed by atoms with E-state index in [4.69, 9.17) is 0 Å². The van der Waals surface area contributed by atoms with Crippen molar-refractivity contribution in [2.24, 2.45) is 0 Å². The molecule has 4 rings (SSSR count). The fraction of sp³-hybridized carbons (Fsp3) is 0.611. The van der Waals surface area contributed by atoms with Crippen LogP contribution in [0.5, 0.6) is 0 Å². The number of piperidine rings is 2. The highest BCUT2D eigenvalue weighted by atomic mass is 16.2. The summed E-state index contributed by atoms with van der Waals surface area (Å²) in [7, 11) is 2.25. The Bertz CT molecular complexity index is 559. The van der Waals surface area contributed by atoms with E-state index in [1.165, 1.54) is 24.8 Å². The molecule has 0 saturated carbocycles. The number of anilines is 1. The minimum atomic E-state index is 0.0950. The summed E-state index contributed by atoms with van der Waals surface area (Å²) in [5, 5.41) is 3.31. The van der Waals surface area contributed by atoms with Crippen LogP contribution in [-0.2, 0) is 6.42 Å². The van der Waals surface area contributed by atoms with Crippen LogP contribution in [0.4, 0.5) is 10.5 Å². The molecule has 1 aromatic rings. The van der Waals surface area contributed by atoms with Gasteiger partial charge in [-0.2, -0.15) is 0 Å². The highest BCUT2D eigenvalue weighted by molar-refractivity contribution is 5.94. The molecule has 118 valence electrons. The molecule has 3 atom stereocenters. The number of carbonyl (C=O) groups is 1. The second-order valence-corrected chi connectivity index (χ2v) is 7.05. The van der Waals surface area contributed by atoms with E-state index in [0.29, 0.717) is 18.1 Å². The van der Waals surface area contributed by atoms with Crippen molar-refractivity contribution in [3.63, 3.8) is 0 Å². The van der Waals surface area contributed by atoms with Gasteiger partial charge in [-0.25, -0.2) is 4.79 Å². The lowest BCUT2D eigenvalue weighted by atomic mass is 9.82. The summed E-state index contributed by atoms with van der Waals surface area (Å²) in [6, 6.07) is 10.0. The molecule has 1 N–H and O–H groups in total. The maximum absolute atomic E-state index is 12.7. The van der Waals surface area contributed by atoms with E-state index in [1.807, 2.05) is 11.0 Å². The molecule has 2 bridgehead atoms. The Hall–Kier alpha value is -1.55. The zero-order valence-corrected chi connectivity index (χ0v) is 13.3. The number of urea groups is 1. The molecule has 1 unspecified atom stereocenters. The van der Waals surface area contributed by atoms with E-state index in [0.717, 1.165) is 31.5 Å². The van der Waals surface area contributed by atoms with Crippen LogP contribution in [0.25, 0.3) is 0 Å². The summed E-state index contributed by atoms with van der Waals surface area (Å²) in [6.07, 6.45) is 7.10. The van der Waals surface area contributed by atoms with Crippen LogP contribution in [0.2, 0.25) is 0 Å². The number of hydrogen-bond donors (Lipinski definition) is 1. The lowest BCUT2D eigenvalue weighted by Crippen LogP contribution is -2.56. The minimum Gasteiger partial charge on any atom is -0.335 e. The highest BCUT2D eigenvalue weighted by Crippen LogP contribution is 2.33. The van der Waals surface area contributed by atoms with Crippen LogP contribution in [0, 0.1) is 0 Å². The SMILES string of the molecule is CN1[C@@H]2CCC[C@H]1CC(NC(=O)N1CCc3ccccc31)C2. The molecule has 3 aliphatic heterocycles. The first kappa shape index (κ1) is 14.1. The van der Waals surface area contributed by atoms with Crippen LogP contribution < -0.4 is 10.2 Å². The fourth-order valence-corrected chi connectivity index (χ4v) is 4.54. The van der Waals surface area contributed by atoms with E-state index in [2.05, 4.69) is 35.5 Å². The Kier molecular flexibility index (Phi) is 3.57. The Balaban J connectivity index is 1.43. The first-order valence-electron chi connectivity index (χ1n) is 8.60. The van der Waals surface area contributed by atoms with Crippen LogP contribution in [0.1, 0.15) is 37.7 Å². The smallest absolute Gasteiger partial charge is 0.322 e. The predicted molar refractivity (Wildman–Crippen MR) is 88.2 cm³/mol. The van der Waals surface area contributed by atoms with Crippen LogP contribution in [0.15, 0.2) is 24.3 Å². The van der Waals surface area contributed by atoms with Crippen molar-refractivity contribution in [2.75, 3.05) is 18.5 Å². The molecule has 0 aromatic heterocycles. The molecule has 0 aliphatic carbocycles. The summed E-state index contributed by atoms with van der Waals surface area (Å²) in [6.45, 7) is 0.810. The van der Waals surface area contributed by atoms with Gasteiger partial charge in [-0.1, -0.05) is 24.6 Å². The van der Waals surface area contributed by atoms with Gasteiger partial charge in [0.2, 0.25) is 0 Å². The normalized spacial score (nSPS) is 31.0. The van der Waals surface area contributed by atoms with Gasteiger partial charge in [0.1, 0.15) is 0 Å². The third kappa shape index (κ3) is 2.39. The van der Waals surface area contributed by atoms with Crippen LogP contribution in [-0.4, -0.2) is 42.6 Å². The summed E-state index contributed by atoms with van der Waals surface area (Å²) < 4.78 is 0. The van der Waals surface area contributed by atoms with Crippen molar-refractivity contribution >= 4 is 11.7 Å². The van der Waals surface area contributed by atoms with Gasteiger partial charge >= 0.3 is 6.03 Å². The molecule has 0 radical (unpaired) electrons. The summed E-state index contributed by atoms with van der Waals surface area (Å²) in [4.78, 5) is 17.1. The lowest BCUT2D eigenvalue weighted by Gasteiger charge is -2.47. The number of fused-ring (bicyclic) bond motifs is 3. The molecular formula is C18H25N3O. The van der Waals surface area contributed by atoms with Gasteiger partial charge in [-0.3, -0.25) is 4.90 Å². The Morgan fingerprint density at radius 1 is 1.18 bits per heavy atom. The van der Waals surface area contributed by atoms with Crippen LogP contribution in [0.3, 0.4) is 0 Å². The molecule has 2 amide bonds. The van der Waals surface area contributed by atoms with E-state index in [9.17, 15) is 4.79 Å².